The van der Waals surface area contributed by atoms with Crippen LogP contribution in [0.5, 0.6) is 0 Å². The molecule has 0 radical (unpaired) electrons. The Balaban J connectivity index is 0.00000112. The Morgan fingerprint density at radius 2 is 2.07 bits per heavy atom. The van der Waals surface area contributed by atoms with E-state index in [1.165, 1.54) is 17.5 Å². The second kappa shape index (κ2) is 4.53. The van der Waals surface area contributed by atoms with Gasteiger partial charge >= 0.3 is 5.97 Å². The maximum Gasteiger partial charge on any atom is 0.354 e. The predicted molar refractivity (Wildman–Crippen MR) is 58.9 cm³/mol. The standard InChI is InChI=1S/C9H13N3O2.ClH/c1-11-7(9(13)14)6-8(10-11)12-4-2-3-5-12;/h6H,2-5H2,1H3,(H,13,14);1H. The second-order valence-electron chi connectivity index (χ2n) is 3.51. The van der Waals surface area contributed by atoms with Crippen molar-refractivity contribution < 1.29 is 9.90 Å². The number of aromatic nitrogens is 2. The van der Waals surface area contributed by atoms with Crippen LogP contribution in [0.25, 0.3) is 0 Å². The highest BCUT2D eigenvalue weighted by Gasteiger charge is 2.18. The molecule has 2 heterocycles. The van der Waals surface area contributed by atoms with E-state index in [0.29, 0.717) is 0 Å². The third-order valence-electron chi connectivity index (χ3n) is 2.52. The van der Waals surface area contributed by atoms with Gasteiger partial charge in [0.1, 0.15) is 5.69 Å². The molecule has 0 aromatic carbocycles. The summed E-state index contributed by atoms with van der Waals surface area (Å²) in [6.07, 6.45) is 2.33. The lowest BCUT2D eigenvalue weighted by Crippen LogP contribution is -2.18. The average molecular weight is 232 g/mol. The van der Waals surface area contributed by atoms with Crippen LogP contribution in [0.2, 0.25) is 0 Å². The van der Waals surface area contributed by atoms with Crippen molar-refractivity contribution in [2.75, 3.05) is 18.0 Å². The molecule has 15 heavy (non-hydrogen) atoms. The molecule has 0 unspecified atom stereocenters. The van der Waals surface area contributed by atoms with Crippen LogP contribution < -0.4 is 4.90 Å². The Morgan fingerprint density at radius 1 is 1.47 bits per heavy atom. The first-order chi connectivity index (χ1) is 6.68. The Morgan fingerprint density at radius 3 is 2.53 bits per heavy atom. The number of aryl methyl sites for hydroxylation is 1. The largest absolute Gasteiger partial charge is 0.477 e. The summed E-state index contributed by atoms with van der Waals surface area (Å²) in [7, 11) is 1.66. The van der Waals surface area contributed by atoms with Gasteiger partial charge in [-0.15, -0.1) is 12.4 Å². The number of carbonyl (C=O) groups is 1. The highest BCUT2D eigenvalue weighted by molar-refractivity contribution is 5.86. The van der Waals surface area contributed by atoms with Gasteiger partial charge in [0.15, 0.2) is 5.82 Å². The number of anilines is 1. The zero-order chi connectivity index (χ0) is 10.1. The molecule has 0 amide bonds. The van der Waals surface area contributed by atoms with Gasteiger partial charge in [0.25, 0.3) is 0 Å². The maximum absolute atomic E-state index is 10.8. The molecule has 0 spiro atoms. The van der Waals surface area contributed by atoms with Crippen LogP contribution >= 0.6 is 12.4 Å². The van der Waals surface area contributed by atoms with Crippen molar-refractivity contribution >= 4 is 24.2 Å². The smallest absolute Gasteiger partial charge is 0.354 e. The van der Waals surface area contributed by atoms with Crippen LogP contribution in [0.3, 0.4) is 0 Å². The number of carboxylic acid groups (broad SMARTS) is 1. The summed E-state index contributed by atoms with van der Waals surface area (Å²) in [4.78, 5) is 12.9. The number of hydrogen-bond acceptors (Lipinski definition) is 3. The first kappa shape index (κ1) is 11.8. The summed E-state index contributed by atoms with van der Waals surface area (Å²) >= 11 is 0. The van der Waals surface area contributed by atoms with Gasteiger partial charge in [0.2, 0.25) is 0 Å². The SMILES string of the molecule is Cl.Cn1nc(N2CCCC2)cc1C(=O)O. The number of aromatic carboxylic acids is 1. The van der Waals surface area contributed by atoms with E-state index >= 15 is 0 Å². The number of rotatable bonds is 2. The quantitative estimate of drug-likeness (QED) is 0.829. The topological polar surface area (TPSA) is 58.4 Å². The Bertz CT molecular complexity index is 358. The summed E-state index contributed by atoms with van der Waals surface area (Å²) in [5, 5.41) is 13.0. The van der Waals surface area contributed by atoms with Crippen molar-refractivity contribution in [3.63, 3.8) is 0 Å². The highest BCUT2D eigenvalue weighted by Crippen LogP contribution is 2.19. The molecular weight excluding hydrogens is 218 g/mol. The number of carboxylic acids is 1. The third kappa shape index (κ3) is 2.23. The fraction of sp³-hybridized carbons (Fsp3) is 0.556. The second-order valence-corrected chi connectivity index (χ2v) is 3.51. The number of hydrogen-bond donors (Lipinski definition) is 1. The monoisotopic (exact) mass is 231 g/mol. The summed E-state index contributed by atoms with van der Waals surface area (Å²) < 4.78 is 1.41. The number of halogens is 1. The molecule has 1 fully saturated rings. The molecule has 0 saturated carbocycles. The minimum Gasteiger partial charge on any atom is -0.477 e. The Hall–Kier alpha value is -1.23. The lowest BCUT2D eigenvalue weighted by atomic mass is 10.4. The van der Waals surface area contributed by atoms with E-state index in [1.54, 1.807) is 13.1 Å². The zero-order valence-electron chi connectivity index (χ0n) is 8.51. The molecule has 1 saturated heterocycles. The van der Waals surface area contributed by atoms with Crippen molar-refractivity contribution in [3.8, 4) is 0 Å². The molecule has 84 valence electrons. The van der Waals surface area contributed by atoms with Crippen LogP contribution in [0.4, 0.5) is 5.82 Å². The summed E-state index contributed by atoms with van der Waals surface area (Å²) in [6, 6.07) is 1.63. The molecule has 2 rings (SSSR count). The van der Waals surface area contributed by atoms with Gasteiger partial charge in [0.05, 0.1) is 0 Å². The summed E-state index contributed by atoms with van der Waals surface area (Å²) in [6.45, 7) is 1.96. The van der Waals surface area contributed by atoms with E-state index in [4.69, 9.17) is 5.11 Å². The minimum atomic E-state index is -0.926. The summed E-state index contributed by atoms with van der Waals surface area (Å²) in [5.41, 5.74) is 0.243. The molecule has 5 nitrogen and oxygen atoms in total. The summed E-state index contributed by atoms with van der Waals surface area (Å²) in [5.74, 6) is -0.146. The maximum atomic E-state index is 10.8. The van der Waals surface area contributed by atoms with E-state index in [2.05, 4.69) is 10.00 Å². The fourth-order valence-corrected chi connectivity index (χ4v) is 1.75. The predicted octanol–water partition coefficient (Wildman–Crippen LogP) is 1.14. The minimum absolute atomic E-state index is 0. The first-order valence-electron chi connectivity index (χ1n) is 4.71. The lowest BCUT2D eigenvalue weighted by molar-refractivity contribution is 0.0685. The zero-order valence-corrected chi connectivity index (χ0v) is 9.33. The van der Waals surface area contributed by atoms with Gasteiger partial charge in [-0.1, -0.05) is 0 Å². The molecule has 1 N–H and O–H groups in total. The average Bonchev–Trinajstić information content (AvgIpc) is 2.70. The molecule has 6 heteroatoms. The van der Waals surface area contributed by atoms with Gasteiger partial charge in [-0.05, 0) is 12.8 Å². The van der Waals surface area contributed by atoms with E-state index in [0.717, 1.165) is 18.9 Å². The molecular formula is C9H14ClN3O2. The fourth-order valence-electron chi connectivity index (χ4n) is 1.75. The van der Waals surface area contributed by atoms with Gasteiger partial charge in [-0.3, -0.25) is 4.68 Å². The first-order valence-corrected chi connectivity index (χ1v) is 4.71. The van der Waals surface area contributed by atoms with Crippen molar-refractivity contribution in [2.24, 2.45) is 7.05 Å². The van der Waals surface area contributed by atoms with E-state index in [-0.39, 0.29) is 18.1 Å². The van der Waals surface area contributed by atoms with Crippen LogP contribution in [0, 0.1) is 0 Å². The van der Waals surface area contributed by atoms with Crippen LogP contribution in [0.1, 0.15) is 23.3 Å². The molecule has 0 atom stereocenters. The molecule has 0 aliphatic carbocycles. The van der Waals surface area contributed by atoms with Gasteiger partial charge in [-0.25, -0.2) is 4.79 Å². The van der Waals surface area contributed by atoms with Crippen LogP contribution in [-0.4, -0.2) is 33.9 Å². The van der Waals surface area contributed by atoms with Crippen LogP contribution in [-0.2, 0) is 7.05 Å². The van der Waals surface area contributed by atoms with Gasteiger partial charge in [0, 0.05) is 26.2 Å². The molecule has 1 aliphatic rings. The Kier molecular flexibility index (Phi) is 3.57. The van der Waals surface area contributed by atoms with Crippen molar-refractivity contribution in [1.82, 2.24) is 9.78 Å². The lowest BCUT2D eigenvalue weighted by Gasteiger charge is -2.12. The molecule has 1 aromatic rings. The van der Waals surface area contributed by atoms with Crippen molar-refractivity contribution in [1.29, 1.82) is 0 Å². The third-order valence-corrected chi connectivity index (χ3v) is 2.52. The van der Waals surface area contributed by atoms with E-state index < -0.39 is 5.97 Å². The van der Waals surface area contributed by atoms with Crippen LogP contribution in [0.15, 0.2) is 6.07 Å². The van der Waals surface area contributed by atoms with Crippen molar-refractivity contribution in [3.05, 3.63) is 11.8 Å². The van der Waals surface area contributed by atoms with Gasteiger partial charge in [-0.2, -0.15) is 5.10 Å². The van der Waals surface area contributed by atoms with Gasteiger partial charge < -0.3 is 10.0 Å². The molecule has 1 aliphatic heterocycles. The van der Waals surface area contributed by atoms with E-state index in [1.807, 2.05) is 0 Å². The Labute approximate surface area is 94.1 Å². The highest BCUT2D eigenvalue weighted by atomic mass is 35.5. The molecule has 0 bridgehead atoms. The number of nitrogens with zero attached hydrogens (tertiary/aromatic N) is 3. The molecule has 1 aromatic heterocycles. The normalized spacial score (nSPS) is 15.1. The van der Waals surface area contributed by atoms with E-state index in [9.17, 15) is 4.79 Å². The van der Waals surface area contributed by atoms with Crippen molar-refractivity contribution in [2.45, 2.75) is 12.8 Å².